The molecule has 1 saturated heterocycles. The van der Waals surface area contributed by atoms with E-state index in [0.29, 0.717) is 25.9 Å². The maximum atomic E-state index is 12.5. The molecule has 0 aromatic heterocycles. The SMILES string of the molecule is CC(NC(=O)OC(C)(C)C)C(=O)N1CCC(C(=O)Nc2ccccc2)CC1. The normalized spacial score (nSPS) is 16.4. The molecule has 1 heterocycles. The van der Waals surface area contributed by atoms with E-state index in [1.165, 1.54) is 0 Å². The molecule has 2 rings (SSSR count). The molecule has 1 unspecified atom stereocenters. The van der Waals surface area contributed by atoms with Crippen molar-refractivity contribution in [1.29, 1.82) is 0 Å². The number of ether oxygens (including phenoxy) is 1. The third kappa shape index (κ3) is 6.58. The van der Waals surface area contributed by atoms with Gasteiger partial charge < -0.3 is 20.3 Å². The lowest BCUT2D eigenvalue weighted by Crippen LogP contribution is -2.50. The number of likely N-dealkylation sites (tertiary alicyclic amines) is 1. The molecule has 1 fully saturated rings. The van der Waals surface area contributed by atoms with Crippen molar-refractivity contribution in [2.75, 3.05) is 18.4 Å². The molecular formula is C20H29N3O4. The topological polar surface area (TPSA) is 87.7 Å². The number of piperidine rings is 1. The summed E-state index contributed by atoms with van der Waals surface area (Å²) < 4.78 is 5.18. The van der Waals surface area contributed by atoms with Crippen molar-refractivity contribution < 1.29 is 19.1 Å². The molecular weight excluding hydrogens is 346 g/mol. The van der Waals surface area contributed by atoms with Crippen molar-refractivity contribution in [3.05, 3.63) is 30.3 Å². The molecule has 0 spiro atoms. The molecule has 1 aromatic carbocycles. The molecule has 7 heteroatoms. The second-order valence-corrected chi connectivity index (χ2v) is 7.82. The van der Waals surface area contributed by atoms with E-state index in [0.717, 1.165) is 5.69 Å². The van der Waals surface area contributed by atoms with E-state index in [4.69, 9.17) is 4.74 Å². The van der Waals surface area contributed by atoms with E-state index in [1.54, 1.807) is 32.6 Å². The van der Waals surface area contributed by atoms with Crippen LogP contribution in [0.3, 0.4) is 0 Å². The van der Waals surface area contributed by atoms with Crippen molar-refractivity contribution in [1.82, 2.24) is 10.2 Å². The lowest BCUT2D eigenvalue weighted by atomic mass is 9.95. The van der Waals surface area contributed by atoms with Gasteiger partial charge in [-0.25, -0.2) is 4.79 Å². The Hall–Kier alpha value is -2.57. The van der Waals surface area contributed by atoms with Crippen LogP contribution < -0.4 is 10.6 Å². The van der Waals surface area contributed by atoms with Crippen LogP contribution in [0.4, 0.5) is 10.5 Å². The molecule has 148 valence electrons. The molecule has 27 heavy (non-hydrogen) atoms. The minimum absolute atomic E-state index is 0.0202. The third-order valence-corrected chi connectivity index (χ3v) is 4.32. The van der Waals surface area contributed by atoms with Gasteiger partial charge in [-0.1, -0.05) is 18.2 Å². The monoisotopic (exact) mass is 375 g/mol. The van der Waals surface area contributed by atoms with Crippen molar-refractivity contribution in [2.24, 2.45) is 5.92 Å². The first-order chi connectivity index (χ1) is 12.7. The van der Waals surface area contributed by atoms with Gasteiger partial charge >= 0.3 is 6.09 Å². The summed E-state index contributed by atoms with van der Waals surface area (Å²) in [7, 11) is 0. The minimum atomic E-state index is -0.672. The van der Waals surface area contributed by atoms with Crippen LogP contribution in [0.5, 0.6) is 0 Å². The van der Waals surface area contributed by atoms with Crippen LogP contribution in [0.1, 0.15) is 40.5 Å². The third-order valence-electron chi connectivity index (χ3n) is 4.32. The van der Waals surface area contributed by atoms with E-state index < -0.39 is 17.7 Å². The zero-order valence-corrected chi connectivity index (χ0v) is 16.5. The van der Waals surface area contributed by atoms with E-state index >= 15 is 0 Å². The van der Waals surface area contributed by atoms with E-state index in [9.17, 15) is 14.4 Å². The predicted molar refractivity (Wildman–Crippen MR) is 103 cm³/mol. The van der Waals surface area contributed by atoms with Gasteiger partial charge in [0.1, 0.15) is 11.6 Å². The number of hydrogen-bond acceptors (Lipinski definition) is 4. The summed E-state index contributed by atoms with van der Waals surface area (Å²) in [5, 5.41) is 5.48. The fourth-order valence-electron chi connectivity index (χ4n) is 2.95. The van der Waals surface area contributed by atoms with Gasteiger partial charge in [0.15, 0.2) is 0 Å². The molecule has 1 aromatic rings. The molecule has 0 aliphatic carbocycles. The summed E-state index contributed by atoms with van der Waals surface area (Å²) >= 11 is 0. The van der Waals surface area contributed by atoms with Crippen molar-refractivity contribution in [2.45, 2.75) is 52.2 Å². The highest BCUT2D eigenvalue weighted by molar-refractivity contribution is 5.93. The summed E-state index contributed by atoms with van der Waals surface area (Å²) in [5.74, 6) is -0.306. The van der Waals surface area contributed by atoms with Crippen molar-refractivity contribution >= 4 is 23.6 Å². The van der Waals surface area contributed by atoms with Gasteiger partial charge in [0.05, 0.1) is 0 Å². The van der Waals surface area contributed by atoms with Crippen LogP contribution in [0.2, 0.25) is 0 Å². The summed E-state index contributed by atoms with van der Waals surface area (Å²) in [5.41, 5.74) is 0.160. The molecule has 2 N–H and O–H groups in total. The van der Waals surface area contributed by atoms with E-state index in [1.807, 2.05) is 30.3 Å². The summed E-state index contributed by atoms with van der Waals surface area (Å²) in [6.07, 6.45) is 0.591. The molecule has 1 aliphatic heterocycles. The van der Waals surface area contributed by atoms with Crippen LogP contribution in [0.25, 0.3) is 0 Å². The van der Waals surface area contributed by atoms with E-state index in [-0.39, 0.29) is 17.7 Å². The highest BCUT2D eigenvalue weighted by Gasteiger charge is 2.30. The number of carbonyl (C=O) groups is 3. The Balaban J connectivity index is 1.79. The minimum Gasteiger partial charge on any atom is -0.444 e. The number of amides is 3. The Morgan fingerprint density at radius 2 is 1.70 bits per heavy atom. The van der Waals surface area contributed by atoms with Gasteiger partial charge in [0, 0.05) is 24.7 Å². The predicted octanol–water partition coefficient (Wildman–Crippen LogP) is 2.78. The zero-order valence-electron chi connectivity index (χ0n) is 16.5. The first kappa shape index (κ1) is 20.7. The van der Waals surface area contributed by atoms with Gasteiger partial charge in [-0.2, -0.15) is 0 Å². The number of anilines is 1. The number of alkyl carbamates (subject to hydrolysis) is 1. The molecule has 0 saturated carbocycles. The fourth-order valence-corrected chi connectivity index (χ4v) is 2.95. The number of para-hydroxylation sites is 1. The molecule has 1 atom stereocenters. The number of rotatable bonds is 4. The Morgan fingerprint density at radius 1 is 1.11 bits per heavy atom. The highest BCUT2D eigenvalue weighted by atomic mass is 16.6. The molecule has 7 nitrogen and oxygen atoms in total. The Labute approximate surface area is 160 Å². The number of hydrogen-bond donors (Lipinski definition) is 2. The van der Waals surface area contributed by atoms with E-state index in [2.05, 4.69) is 10.6 Å². The average Bonchev–Trinajstić information content (AvgIpc) is 2.60. The highest BCUT2D eigenvalue weighted by Crippen LogP contribution is 2.20. The average molecular weight is 375 g/mol. The lowest BCUT2D eigenvalue weighted by molar-refractivity contribution is -0.136. The van der Waals surface area contributed by atoms with Crippen LogP contribution >= 0.6 is 0 Å². The zero-order chi connectivity index (χ0) is 20.0. The summed E-state index contributed by atoms with van der Waals surface area (Å²) in [6.45, 7) is 7.93. The van der Waals surface area contributed by atoms with Crippen LogP contribution in [0, 0.1) is 5.92 Å². The van der Waals surface area contributed by atoms with Gasteiger partial charge in [-0.05, 0) is 52.7 Å². The number of carbonyl (C=O) groups excluding carboxylic acids is 3. The number of nitrogens with one attached hydrogen (secondary N) is 2. The smallest absolute Gasteiger partial charge is 0.408 e. The molecule has 0 bridgehead atoms. The Morgan fingerprint density at radius 3 is 2.26 bits per heavy atom. The number of nitrogens with zero attached hydrogens (tertiary/aromatic N) is 1. The number of benzene rings is 1. The Bertz CT molecular complexity index is 662. The maximum Gasteiger partial charge on any atom is 0.408 e. The quantitative estimate of drug-likeness (QED) is 0.847. The summed E-state index contributed by atoms with van der Waals surface area (Å²) in [4.78, 5) is 38.4. The lowest BCUT2D eigenvalue weighted by Gasteiger charge is -2.33. The molecule has 0 radical (unpaired) electrons. The molecule has 3 amide bonds. The van der Waals surface area contributed by atoms with Crippen LogP contribution in [-0.4, -0.2) is 47.5 Å². The van der Waals surface area contributed by atoms with Gasteiger partial charge in [0.2, 0.25) is 11.8 Å². The van der Waals surface area contributed by atoms with Crippen molar-refractivity contribution in [3.63, 3.8) is 0 Å². The first-order valence-electron chi connectivity index (χ1n) is 9.30. The first-order valence-corrected chi connectivity index (χ1v) is 9.30. The summed E-state index contributed by atoms with van der Waals surface area (Å²) in [6, 6.07) is 8.66. The second kappa shape index (κ2) is 8.88. The van der Waals surface area contributed by atoms with Gasteiger partial charge in [0.25, 0.3) is 0 Å². The fraction of sp³-hybridized carbons (Fsp3) is 0.550. The largest absolute Gasteiger partial charge is 0.444 e. The standard InChI is InChI=1S/C20H29N3O4/c1-14(21-19(26)27-20(2,3)4)18(25)23-12-10-15(11-13-23)17(24)22-16-8-6-5-7-9-16/h5-9,14-15H,10-13H2,1-4H3,(H,21,26)(H,22,24). The van der Waals surface area contributed by atoms with Crippen LogP contribution in [-0.2, 0) is 14.3 Å². The maximum absolute atomic E-state index is 12.5. The van der Waals surface area contributed by atoms with Crippen molar-refractivity contribution in [3.8, 4) is 0 Å². The second-order valence-electron chi connectivity index (χ2n) is 7.82. The Kier molecular flexibility index (Phi) is 6.82. The van der Waals surface area contributed by atoms with Gasteiger partial charge in [-0.15, -0.1) is 0 Å². The van der Waals surface area contributed by atoms with Crippen LogP contribution in [0.15, 0.2) is 30.3 Å². The van der Waals surface area contributed by atoms with Gasteiger partial charge in [-0.3, -0.25) is 9.59 Å². The molecule has 1 aliphatic rings.